The normalized spacial score (nSPS) is 13.5. The van der Waals surface area contributed by atoms with E-state index in [2.05, 4.69) is 0 Å². The number of hydrogen-bond acceptors (Lipinski definition) is 1. The van der Waals surface area contributed by atoms with Crippen LogP contribution >= 0.6 is 0 Å². The minimum atomic E-state index is -1.37. The quantitative estimate of drug-likeness (QED) is 0.705. The summed E-state index contributed by atoms with van der Waals surface area (Å²) in [6.45, 7) is 10.6. The molecule has 0 saturated carbocycles. The fourth-order valence-electron chi connectivity index (χ4n) is 2.38. The van der Waals surface area contributed by atoms with E-state index in [1.807, 2.05) is 39.0 Å². The SMILES string of the molecule is CC(=O)C(=C(C)c1cccc(C(C)(C)F)c1)C(C)C. The van der Waals surface area contributed by atoms with Gasteiger partial charge in [0, 0.05) is 5.57 Å². The molecule has 0 radical (unpaired) electrons. The van der Waals surface area contributed by atoms with E-state index in [1.54, 1.807) is 26.8 Å². The van der Waals surface area contributed by atoms with Crippen LogP contribution in [0.3, 0.4) is 0 Å². The number of Topliss-reactive ketones (excluding diaryl/α,β-unsaturated/α-hetero) is 1. The highest BCUT2D eigenvalue weighted by Gasteiger charge is 2.20. The largest absolute Gasteiger partial charge is 0.295 e. The van der Waals surface area contributed by atoms with E-state index < -0.39 is 5.67 Å². The van der Waals surface area contributed by atoms with Crippen LogP contribution in [0.15, 0.2) is 29.8 Å². The van der Waals surface area contributed by atoms with Gasteiger partial charge in [-0.15, -0.1) is 0 Å². The number of allylic oxidation sites excluding steroid dienone is 2. The van der Waals surface area contributed by atoms with Crippen molar-refractivity contribution in [2.75, 3.05) is 0 Å². The first-order valence-electron chi connectivity index (χ1n) is 6.66. The number of carbonyl (C=O) groups excluding carboxylic acids is 1. The summed E-state index contributed by atoms with van der Waals surface area (Å²) in [5.41, 5.74) is 1.94. The maximum Gasteiger partial charge on any atom is 0.156 e. The summed E-state index contributed by atoms with van der Waals surface area (Å²) in [5.74, 6) is 0.247. The second-order valence-electron chi connectivity index (χ2n) is 5.80. The highest BCUT2D eigenvalue weighted by molar-refractivity contribution is 6.01. The molecule has 0 N–H and O–H groups in total. The second-order valence-corrected chi connectivity index (χ2v) is 5.80. The Morgan fingerprint density at radius 1 is 1.21 bits per heavy atom. The van der Waals surface area contributed by atoms with Crippen LogP contribution in [0, 0.1) is 5.92 Å². The van der Waals surface area contributed by atoms with Crippen LogP contribution in [0.25, 0.3) is 5.57 Å². The van der Waals surface area contributed by atoms with Crippen LogP contribution in [-0.2, 0) is 10.5 Å². The summed E-state index contributed by atoms with van der Waals surface area (Å²) < 4.78 is 14.0. The molecule has 104 valence electrons. The highest BCUT2D eigenvalue weighted by atomic mass is 19.1. The fourth-order valence-corrected chi connectivity index (χ4v) is 2.38. The number of benzene rings is 1. The third-order valence-corrected chi connectivity index (χ3v) is 3.34. The average Bonchev–Trinajstić information content (AvgIpc) is 2.27. The number of halogens is 1. The summed E-state index contributed by atoms with van der Waals surface area (Å²) in [4.78, 5) is 11.8. The molecule has 0 aromatic heterocycles. The topological polar surface area (TPSA) is 17.1 Å². The van der Waals surface area contributed by atoms with Crippen molar-refractivity contribution in [1.82, 2.24) is 0 Å². The predicted molar refractivity (Wildman–Crippen MR) is 78.7 cm³/mol. The Morgan fingerprint density at radius 3 is 2.21 bits per heavy atom. The van der Waals surface area contributed by atoms with E-state index in [0.717, 1.165) is 16.7 Å². The summed E-state index contributed by atoms with van der Waals surface area (Å²) in [6.07, 6.45) is 0. The first-order chi connectivity index (χ1) is 8.64. The summed E-state index contributed by atoms with van der Waals surface area (Å²) >= 11 is 0. The van der Waals surface area contributed by atoms with Crippen LogP contribution in [-0.4, -0.2) is 5.78 Å². The van der Waals surface area contributed by atoms with Crippen molar-refractivity contribution in [1.29, 1.82) is 0 Å². The molecule has 0 saturated heterocycles. The van der Waals surface area contributed by atoms with Gasteiger partial charge in [0.2, 0.25) is 0 Å². The molecule has 1 rings (SSSR count). The van der Waals surface area contributed by atoms with E-state index in [0.29, 0.717) is 5.56 Å². The zero-order valence-electron chi connectivity index (χ0n) is 12.7. The van der Waals surface area contributed by atoms with Gasteiger partial charge in [-0.2, -0.15) is 0 Å². The second kappa shape index (κ2) is 5.68. The Kier molecular flexibility index (Phi) is 4.67. The first-order valence-corrected chi connectivity index (χ1v) is 6.66. The van der Waals surface area contributed by atoms with Crippen molar-refractivity contribution >= 4 is 11.4 Å². The summed E-state index contributed by atoms with van der Waals surface area (Å²) in [7, 11) is 0. The Balaban J connectivity index is 3.37. The number of rotatable bonds is 4. The van der Waals surface area contributed by atoms with Crippen LogP contribution in [0.5, 0.6) is 0 Å². The molecule has 0 unspecified atom stereocenters. The number of hydrogen-bond donors (Lipinski definition) is 0. The van der Waals surface area contributed by atoms with Gasteiger partial charge in [0.15, 0.2) is 5.78 Å². The molecule has 1 aromatic rings. The number of alkyl halides is 1. The predicted octanol–water partition coefficient (Wildman–Crippen LogP) is 4.91. The van der Waals surface area contributed by atoms with E-state index >= 15 is 0 Å². The van der Waals surface area contributed by atoms with Crippen molar-refractivity contribution in [3.63, 3.8) is 0 Å². The third-order valence-electron chi connectivity index (χ3n) is 3.34. The highest BCUT2D eigenvalue weighted by Crippen LogP contribution is 2.29. The Bertz CT molecular complexity index is 504. The van der Waals surface area contributed by atoms with Crippen LogP contribution in [0.4, 0.5) is 4.39 Å². The molecule has 0 aliphatic carbocycles. The van der Waals surface area contributed by atoms with Crippen LogP contribution < -0.4 is 0 Å². The zero-order chi connectivity index (χ0) is 14.8. The molecule has 0 atom stereocenters. The third kappa shape index (κ3) is 3.76. The van der Waals surface area contributed by atoms with Crippen molar-refractivity contribution < 1.29 is 9.18 Å². The first kappa shape index (κ1) is 15.6. The number of carbonyl (C=O) groups is 1. The van der Waals surface area contributed by atoms with Gasteiger partial charge in [0.05, 0.1) is 0 Å². The minimum absolute atomic E-state index is 0.0809. The van der Waals surface area contributed by atoms with Gasteiger partial charge in [0.1, 0.15) is 5.67 Å². The van der Waals surface area contributed by atoms with Gasteiger partial charge in [-0.05, 0) is 56.4 Å². The maximum atomic E-state index is 14.0. The Hall–Kier alpha value is -1.44. The summed E-state index contributed by atoms with van der Waals surface area (Å²) in [6, 6.07) is 7.38. The Labute approximate surface area is 115 Å². The molecule has 2 heteroatoms. The molecule has 0 aliphatic heterocycles. The van der Waals surface area contributed by atoms with Gasteiger partial charge in [0.25, 0.3) is 0 Å². The molecule has 0 fully saturated rings. The van der Waals surface area contributed by atoms with E-state index in [9.17, 15) is 9.18 Å². The van der Waals surface area contributed by atoms with Crippen molar-refractivity contribution in [3.8, 4) is 0 Å². The maximum absolute atomic E-state index is 14.0. The lowest BCUT2D eigenvalue weighted by atomic mass is 9.89. The zero-order valence-corrected chi connectivity index (χ0v) is 12.7. The van der Waals surface area contributed by atoms with Gasteiger partial charge >= 0.3 is 0 Å². The fraction of sp³-hybridized carbons (Fsp3) is 0.471. The lowest BCUT2D eigenvalue weighted by Gasteiger charge is -2.18. The monoisotopic (exact) mass is 262 g/mol. The van der Waals surface area contributed by atoms with Gasteiger partial charge in [-0.25, -0.2) is 4.39 Å². The lowest BCUT2D eigenvalue weighted by molar-refractivity contribution is -0.113. The molecule has 1 aromatic carbocycles. The molecule has 0 spiro atoms. The minimum Gasteiger partial charge on any atom is -0.295 e. The van der Waals surface area contributed by atoms with Crippen molar-refractivity contribution in [2.45, 2.75) is 47.2 Å². The average molecular weight is 262 g/mol. The molecule has 1 nitrogen and oxygen atoms in total. The number of ketones is 1. The Morgan fingerprint density at radius 2 is 1.79 bits per heavy atom. The standard InChI is InChI=1S/C17H23FO/c1-11(2)16(13(4)19)12(3)14-8-7-9-15(10-14)17(5,6)18/h7-11H,1-6H3. The van der Waals surface area contributed by atoms with Gasteiger partial charge in [-0.1, -0.05) is 32.0 Å². The van der Waals surface area contributed by atoms with Crippen molar-refractivity contribution in [2.24, 2.45) is 5.92 Å². The molecule has 0 heterocycles. The van der Waals surface area contributed by atoms with E-state index in [4.69, 9.17) is 0 Å². The molecule has 0 aliphatic rings. The van der Waals surface area contributed by atoms with Crippen LogP contribution in [0.1, 0.15) is 52.7 Å². The lowest BCUT2D eigenvalue weighted by Crippen LogP contribution is -2.10. The molecule has 0 bridgehead atoms. The molecule has 19 heavy (non-hydrogen) atoms. The van der Waals surface area contributed by atoms with E-state index in [1.165, 1.54) is 0 Å². The van der Waals surface area contributed by atoms with E-state index in [-0.39, 0.29) is 11.7 Å². The summed E-state index contributed by atoms with van der Waals surface area (Å²) in [5, 5.41) is 0. The smallest absolute Gasteiger partial charge is 0.156 e. The molecule has 0 amide bonds. The van der Waals surface area contributed by atoms with Gasteiger partial charge < -0.3 is 0 Å². The van der Waals surface area contributed by atoms with Crippen molar-refractivity contribution in [3.05, 3.63) is 41.0 Å². The van der Waals surface area contributed by atoms with Crippen LogP contribution in [0.2, 0.25) is 0 Å². The molecular formula is C17H23FO. The van der Waals surface area contributed by atoms with Gasteiger partial charge in [-0.3, -0.25) is 4.79 Å². The molecular weight excluding hydrogens is 239 g/mol.